The van der Waals surface area contributed by atoms with Gasteiger partial charge in [-0.3, -0.25) is 19.1 Å². The summed E-state index contributed by atoms with van der Waals surface area (Å²) in [5, 5.41) is 8.88. The highest BCUT2D eigenvalue weighted by molar-refractivity contribution is 7.61. The molecule has 0 radical (unpaired) electrons. The highest BCUT2D eigenvalue weighted by Crippen LogP contribution is 2.49. The van der Waals surface area contributed by atoms with Crippen molar-refractivity contribution in [3.05, 3.63) is 30.3 Å². The fourth-order valence-electron chi connectivity index (χ4n) is 5.23. The number of ether oxygens (including phenoxy) is 1. The van der Waals surface area contributed by atoms with Gasteiger partial charge in [0, 0.05) is 18.5 Å². The number of unbranched alkanes of at least 4 members (excludes halogenated alkanes) is 6. The number of piperidine rings is 1. The van der Waals surface area contributed by atoms with Gasteiger partial charge in [0.15, 0.2) is 0 Å². The van der Waals surface area contributed by atoms with Crippen LogP contribution in [0.1, 0.15) is 70.6 Å². The number of aliphatic carboxylic acids is 1. The number of hydrogen-bond donors (Lipinski definition) is 2. The minimum absolute atomic E-state index is 0.0437. The number of carbonyl (C=O) groups excluding carboxylic acids is 1. The molecule has 0 aromatic heterocycles. The summed E-state index contributed by atoms with van der Waals surface area (Å²) in [6.45, 7) is 0.330. The Morgan fingerprint density at radius 1 is 1.03 bits per heavy atom. The van der Waals surface area contributed by atoms with E-state index in [0.29, 0.717) is 13.0 Å². The second-order valence-electron chi connectivity index (χ2n) is 9.51. The summed E-state index contributed by atoms with van der Waals surface area (Å²) in [7, 11) is -2.05. The van der Waals surface area contributed by atoms with E-state index >= 15 is 0 Å². The van der Waals surface area contributed by atoms with Crippen LogP contribution in [0.15, 0.2) is 30.3 Å². The zero-order chi connectivity index (χ0) is 24.6. The van der Waals surface area contributed by atoms with E-state index in [1.807, 2.05) is 7.05 Å². The molecule has 2 fully saturated rings. The molecule has 0 saturated carbocycles. The molecule has 0 spiro atoms. The van der Waals surface area contributed by atoms with Crippen molar-refractivity contribution in [3.8, 4) is 0 Å². The maximum atomic E-state index is 13.1. The lowest BCUT2D eigenvalue weighted by molar-refractivity contribution is -0.158. The van der Waals surface area contributed by atoms with Gasteiger partial charge in [-0.2, -0.15) is 0 Å². The zero-order valence-electron chi connectivity index (χ0n) is 20.0. The van der Waals surface area contributed by atoms with Crippen LogP contribution >= 0.6 is 7.60 Å². The molecule has 2 bridgehead atoms. The summed E-state index contributed by atoms with van der Waals surface area (Å²) in [6, 6.07) is 8.51. The Morgan fingerprint density at radius 3 is 2.35 bits per heavy atom. The van der Waals surface area contributed by atoms with E-state index < -0.39 is 25.6 Å². The number of benzene rings is 1. The summed E-state index contributed by atoms with van der Waals surface area (Å²) in [6.07, 6.45) is 8.37. The van der Waals surface area contributed by atoms with E-state index in [1.165, 1.54) is 0 Å². The van der Waals surface area contributed by atoms with E-state index in [4.69, 9.17) is 14.4 Å². The lowest BCUT2D eigenvalue weighted by Gasteiger charge is -2.41. The van der Waals surface area contributed by atoms with Gasteiger partial charge in [0.2, 0.25) is 0 Å². The Morgan fingerprint density at radius 2 is 1.68 bits per heavy atom. The van der Waals surface area contributed by atoms with Crippen LogP contribution in [0.5, 0.6) is 0 Å². The van der Waals surface area contributed by atoms with Gasteiger partial charge in [-0.15, -0.1) is 0 Å². The molecule has 3 rings (SSSR count). The number of carbonyl (C=O) groups is 2. The average Bonchev–Trinajstić information content (AvgIpc) is 3.03. The van der Waals surface area contributed by atoms with Crippen LogP contribution in [0.25, 0.3) is 0 Å². The Hall–Kier alpha value is -1.73. The van der Waals surface area contributed by atoms with Crippen molar-refractivity contribution < 1.29 is 33.4 Å². The molecule has 0 aliphatic carbocycles. The predicted octanol–water partition coefficient (Wildman–Crippen LogP) is 4.11. The highest BCUT2D eigenvalue weighted by Gasteiger charge is 2.51. The third-order valence-electron chi connectivity index (χ3n) is 7.13. The second-order valence-corrected chi connectivity index (χ2v) is 11.3. The fraction of sp³-hybridized carbons (Fsp3) is 0.680. The quantitative estimate of drug-likeness (QED) is 0.225. The molecule has 2 aliphatic heterocycles. The van der Waals surface area contributed by atoms with Gasteiger partial charge in [0.05, 0.1) is 23.9 Å². The van der Waals surface area contributed by atoms with Crippen molar-refractivity contribution in [1.82, 2.24) is 4.90 Å². The van der Waals surface area contributed by atoms with Crippen LogP contribution in [0, 0.1) is 5.92 Å². The van der Waals surface area contributed by atoms with Gasteiger partial charge in [-0.1, -0.05) is 50.3 Å². The van der Waals surface area contributed by atoms with Gasteiger partial charge in [0.25, 0.3) is 0 Å². The van der Waals surface area contributed by atoms with Crippen molar-refractivity contribution in [2.75, 3.05) is 13.7 Å². The first-order valence-electron chi connectivity index (χ1n) is 12.5. The van der Waals surface area contributed by atoms with Crippen molar-refractivity contribution in [2.24, 2.45) is 5.92 Å². The van der Waals surface area contributed by atoms with E-state index in [0.717, 1.165) is 57.8 Å². The van der Waals surface area contributed by atoms with Crippen LogP contribution in [-0.4, -0.2) is 58.7 Å². The Bertz CT molecular complexity index is 849. The van der Waals surface area contributed by atoms with Gasteiger partial charge in [0.1, 0.15) is 0 Å². The largest absolute Gasteiger partial charge is 0.481 e. The number of hydrogen-bond acceptors (Lipinski definition) is 6. The van der Waals surface area contributed by atoms with Crippen LogP contribution in [0.4, 0.5) is 0 Å². The molecule has 8 nitrogen and oxygen atoms in total. The molecule has 1 aromatic carbocycles. The molecule has 2 saturated heterocycles. The number of rotatable bonds is 14. The molecule has 5 atom stereocenters. The topological polar surface area (TPSA) is 113 Å². The maximum absolute atomic E-state index is 13.1. The number of esters is 1. The van der Waals surface area contributed by atoms with Gasteiger partial charge < -0.3 is 19.3 Å². The van der Waals surface area contributed by atoms with Crippen LogP contribution in [-0.2, 0) is 23.4 Å². The first-order valence-corrected chi connectivity index (χ1v) is 14.0. The van der Waals surface area contributed by atoms with Crippen LogP contribution in [0.2, 0.25) is 0 Å². The number of nitrogens with zero attached hydrogens (tertiary/aromatic N) is 1. The molecular weight excluding hydrogens is 457 g/mol. The summed E-state index contributed by atoms with van der Waals surface area (Å²) >= 11 is 0. The maximum Gasteiger partial charge on any atom is 0.359 e. The highest BCUT2D eigenvalue weighted by atomic mass is 31.2. The third-order valence-corrected chi connectivity index (χ3v) is 8.63. The lowest BCUT2D eigenvalue weighted by atomic mass is 9.88. The zero-order valence-corrected chi connectivity index (χ0v) is 20.9. The molecule has 1 aromatic rings. The Kier molecular flexibility index (Phi) is 10.1. The first kappa shape index (κ1) is 26.9. The second kappa shape index (κ2) is 12.8. The molecule has 2 N–H and O–H groups in total. The lowest BCUT2D eigenvalue weighted by Crippen LogP contribution is -2.53. The average molecular weight is 496 g/mol. The van der Waals surface area contributed by atoms with E-state index in [-0.39, 0.29) is 29.8 Å². The number of carboxylic acid groups (broad SMARTS) is 1. The van der Waals surface area contributed by atoms with Gasteiger partial charge in [-0.05, 0) is 51.3 Å². The summed E-state index contributed by atoms with van der Waals surface area (Å²) < 4.78 is 24.4. The van der Waals surface area contributed by atoms with E-state index in [2.05, 4.69) is 4.90 Å². The first-order chi connectivity index (χ1) is 16.3. The minimum atomic E-state index is -4.05. The molecule has 9 heteroatoms. The monoisotopic (exact) mass is 495 g/mol. The molecule has 1 unspecified atom stereocenters. The van der Waals surface area contributed by atoms with Crippen molar-refractivity contribution in [2.45, 2.75) is 88.8 Å². The van der Waals surface area contributed by atoms with Crippen molar-refractivity contribution in [3.63, 3.8) is 0 Å². The molecule has 0 amide bonds. The van der Waals surface area contributed by atoms with Gasteiger partial charge in [-0.25, -0.2) is 0 Å². The molecule has 190 valence electrons. The standard InChI is InChI=1S/C25H38NO7P/c1-26-19-15-16-21(26)24(22(18-19)33-34(30,31)20-12-8-7-9-13-20)25(29)32-17-11-6-4-2-3-5-10-14-23(27)28/h7-9,12-13,19,21-22,24H,2-6,10-11,14-18H2,1H3,(H,27,28)(H,30,31)/t19-,21+,22-,24+/m0/s1. The predicted molar refractivity (Wildman–Crippen MR) is 129 cm³/mol. The van der Waals surface area contributed by atoms with Crippen LogP contribution in [0.3, 0.4) is 0 Å². The third kappa shape index (κ3) is 7.38. The fourth-order valence-corrected chi connectivity index (χ4v) is 6.48. The summed E-state index contributed by atoms with van der Waals surface area (Å²) in [5.41, 5.74) is 0. The van der Waals surface area contributed by atoms with E-state index in [1.54, 1.807) is 30.3 Å². The summed E-state index contributed by atoms with van der Waals surface area (Å²) in [5.74, 6) is -1.67. The smallest absolute Gasteiger partial charge is 0.359 e. The van der Waals surface area contributed by atoms with Crippen LogP contribution < -0.4 is 5.30 Å². The molecule has 2 aliphatic rings. The SMILES string of the molecule is CN1[C@H]2CC[C@@H]1[C@@H](C(=O)OCCCCCCCCCC(=O)O)[C@@H](OP(=O)(O)c1ccccc1)C2. The summed E-state index contributed by atoms with van der Waals surface area (Å²) in [4.78, 5) is 36.4. The molecule has 34 heavy (non-hydrogen) atoms. The Balaban J connectivity index is 1.47. The molecule has 2 heterocycles. The van der Waals surface area contributed by atoms with Crippen molar-refractivity contribution >= 4 is 24.8 Å². The van der Waals surface area contributed by atoms with Gasteiger partial charge >= 0.3 is 19.5 Å². The normalized spacial score (nSPS) is 26.2. The van der Waals surface area contributed by atoms with Crippen molar-refractivity contribution in [1.29, 1.82) is 0 Å². The Labute approximate surface area is 202 Å². The minimum Gasteiger partial charge on any atom is -0.481 e. The molecular formula is C25H38NO7P. The number of carboxylic acids is 1. The number of fused-ring (bicyclic) bond motifs is 2. The van der Waals surface area contributed by atoms with E-state index in [9.17, 15) is 19.0 Å².